The van der Waals surface area contributed by atoms with E-state index in [0.717, 1.165) is 36.5 Å². The molecule has 2 aromatic heterocycles. The second kappa shape index (κ2) is 8.17. The summed E-state index contributed by atoms with van der Waals surface area (Å²) in [6.45, 7) is 3.24. The molecule has 1 amide bonds. The smallest absolute Gasteiger partial charge is 0.272 e. The molecular formula is C22H22N4O2. The number of amides is 1. The fourth-order valence-electron chi connectivity index (χ4n) is 3.44. The van der Waals surface area contributed by atoms with E-state index in [1.165, 1.54) is 0 Å². The van der Waals surface area contributed by atoms with E-state index in [1.54, 1.807) is 18.5 Å². The second-order valence-electron chi connectivity index (χ2n) is 6.95. The van der Waals surface area contributed by atoms with Crippen LogP contribution in [0.3, 0.4) is 0 Å². The molecule has 28 heavy (non-hydrogen) atoms. The minimum absolute atomic E-state index is 0.0296. The molecule has 0 aliphatic carbocycles. The van der Waals surface area contributed by atoms with Gasteiger partial charge in [0.15, 0.2) is 0 Å². The van der Waals surface area contributed by atoms with Crippen molar-refractivity contribution < 1.29 is 9.53 Å². The van der Waals surface area contributed by atoms with Crippen LogP contribution < -0.4 is 4.74 Å². The van der Waals surface area contributed by atoms with Gasteiger partial charge in [-0.3, -0.25) is 9.78 Å². The van der Waals surface area contributed by atoms with Gasteiger partial charge in [-0.1, -0.05) is 24.3 Å². The van der Waals surface area contributed by atoms with Crippen molar-refractivity contribution in [1.82, 2.24) is 19.9 Å². The molecular weight excluding hydrogens is 352 g/mol. The molecule has 1 aliphatic rings. The Bertz CT molecular complexity index is 962. The fraction of sp³-hybridized carbons (Fsp3) is 0.273. The third kappa shape index (κ3) is 4.17. The third-order valence-corrected chi connectivity index (χ3v) is 4.83. The zero-order chi connectivity index (χ0) is 19.3. The lowest BCUT2D eigenvalue weighted by Crippen LogP contribution is -2.39. The number of rotatable bonds is 4. The maximum atomic E-state index is 12.8. The molecule has 3 aromatic rings. The molecule has 0 spiro atoms. The number of carbonyl (C=O) groups excluding carboxylic acids is 1. The molecule has 1 saturated heterocycles. The van der Waals surface area contributed by atoms with E-state index < -0.39 is 0 Å². The van der Waals surface area contributed by atoms with Gasteiger partial charge < -0.3 is 9.64 Å². The van der Waals surface area contributed by atoms with Crippen molar-refractivity contribution in [3.8, 4) is 11.6 Å². The molecule has 0 bridgehead atoms. The first-order valence-electron chi connectivity index (χ1n) is 9.47. The van der Waals surface area contributed by atoms with E-state index in [0.29, 0.717) is 18.1 Å². The summed E-state index contributed by atoms with van der Waals surface area (Å²) >= 11 is 0. The summed E-state index contributed by atoms with van der Waals surface area (Å²) in [7, 11) is 0. The van der Waals surface area contributed by atoms with E-state index in [2.05, 4.69) is 15.0 Å². The summed E-state index contributed by atoms with van der Waals surface area (Å²) < 4.78 is 5.80. The maximum Gasteiger partial charge on any atom is 0.272 e. The zero-order valence-electron chi connectivity index (χ0n) is 15.8. The topological polar surface area (TPSA) is 68.2 Å². The van der Waals surface area contributed by atoms with Gasteiger partial charge in [-0.25, -0.2) is 9.97 Å². The number of benzene rings is 1. The third-order valence-electron chi connectivity index (χ3n) is 4.83. The Balaban J connectivity index is 1.48. The van der Waals surface area contributed by atoms with Crippen molar-refractivity contribution in [1.29, 1.82) is 0 Å². The van der Waals surface area contributed by atoms with Gasteiger partial charge in [-0.2, -0.15) is 0 Å². The van der Waals surface area contributed by atoms with Gasteiger partial charge in [0.1, 0.15) is 11.4 Å². The highest BCUT2D eigenvalue weighted by Crippen LogP contribution is 2.28. The number of para-hydroxylation sites is 1. The van der Waals surface area contributed by atoms with Crippen molar-refractivity contribution in [3.63, 3.8) is 0 Å². The number of nitrogens with zero attached hydrogens (tertiary/aromatic N) is 4. The largest absolute Gasteiger partial charge is 0.437 e. The van der Waals surface area contributed by atoms with Crippen LogP contribution >= 0.6 is 0 Å². The van der Waals surface area contributed by atoms with Crippen molar-refractivity contribution >= 4 is 5.91 Å². The number of aryl methyl sites for hydroxylation is 1. The summed E-state index contributed by atoms with van der Waals surface area (Å²) in [5.41, 5.74) is 2.19. The standard InChI is InChI=1S/C22H22N4O2/c1-16-7-5-11-19(24-16)22(27)26-12-6-8-17(15-26)20-13-23-14-21(25-20)28-18-9-3-2-4-10-18/h2-5,7,9-11,13-14,17H,6,8,12,15H2,1H3. The number of carbonyl (C=O) groups is 1. The maximum absolute atomic E-state index is 12.8. The number of piperidine rings is 1. The lowest BCUT2D eigenvalue weighted by Gasteiger charge is -2.32. The van der Waals surface area contributed by atoms with Crippen LogP contribution in [-0.4, -0.2) is 38.8 Å². The first-order valence-corrected chi connectivity index (χ1v) is 9.47. The Morgan fingerprint density at radius 2 is 1.93 bits per heavy atom. The predicted molar refractivity (Wildman–Crippen MR) is 105 cm³/mol. The van der Waals surface area contributed by atoms with Gasteiger partial charge in [0.2, 0.25) is 5.88 Å². The van der Waals surface area contributed by atoms with E-state index in [1.807, 2.05) is 54.3 Å². The SMILES string of the molecule is Cc1cccc(C(=O)N2CCCC(c3cncc(Oc4ccccc4)n3)C2)n1. The summed E-state index contributed by atoms with van der Waals surface area (Å²) in [5, 5.41) is 0. The summed E-state index contributed by atoms with van der Waals surface area (Å²) in [4.78, 5) is 28.0. The summed E-state index contributed by atoms with van der Waals surface area (Å²) in [6.07, 6.45) is 5.27. The van der Waals surface area contributed by atoms with Gasteiger partial charge >= 0.3 is 0 Å². The summed E-state index contributed by atoms with van der Waals surface area (Å²) in [5.74, 6) is 1.29. The van der Waals surface area contributed by atoms with Gasteiger partial charge in [0, 0.05) is 30.9 Å². The van der Waals surface area contributed by atoms with Gasteiger partial charge in [-0.15, -0.1) is 0 Å². The lowest BCUT2D eigenvalue weighted by atomic mass is 9.95. The average Bonchev–Trinajstić information content (AvgIpc) is 2.74. The minimum atomic E-state index is -0.0296. The van der Waals surface area contributed by atoms with Gasteiger partial charge in [0.25, 0.3) is 5.91 Å². The molecule has 0 saturated carbocycles. The number of likely N-dealkylation sites (tertiary alicyclic amines) is 1. The van der Waals surface area contributed by atoms with Crippen LogP contribution in [0.5, 0.6) is 11.6 Å². The number of pyridine rings is 1. The highest BCUT2D eigenvalue weighted by Gasteiger charge is 2.27. The van der Waals surface area contributed by atoms with E-state index in [9.17, 15) is 4.79 Å². The molecule has 4 rings (SSSR count). The molecule has 6 heteroatoms. The van der Waals surface area contributed by atoms with Crippen LogP contribution in [0.2, 0.25) is 0 Å². The Labute approximate surface area is 164 Å². The molecule has 1 atom stereocenters. The minimum Gasteiger partial charge on any atom is -0.437 e. The van der Waals surface area contributed by atoms with Gasteiger partial charge in [0.05, 0.1) is 11.9 Å². The predicted octanol–water partition coefficient (Wildman–Crippen LogP) is 3.99. The van der Waals surface area contributed by atoms with Crippen LogP contribution in [0.1, 0.15) is 40.6 Å². The summed E-state index contributed by atoms with van der Waals surface area (Å²) in [6, 6.07) is 15.1. The monoisotopic (exact) mass is 374 g/mol. The fourth-order valence-corrected chi connectivity index (χ4v) is 3.44. The van der Waals surface area contributed by atoms with E-state index in [4.69, 9.17) is 4.74 Å². The van der Waals surface area contributed by atoms with Crippen molar-refractivity contribution in [2.24, 2.45) is 0 Å². The Kier molecular flexibility index (Phi) is 5.28. The molecule has 1 aromatic carbocycles. The highest BCUT2D eigenvalue weighted by molar-refractivity contribution is 5.92. The molecule has 1 aliphatic heterocycles. The first kappa shape index (κ1) is 18.1. The van der Waals surface area contributed by atoms with Crippen LogP contribution in [0, 0.1) is 6.92 Å². The van der Waals surface area contributed by atoms with Crippen LogP contribution in [-0.2, 0) is 0 Å². The lowest BCUT2D eigenvalue weighted by molar-refractivity contribution is 0.0699. The highest BCUT2D eigenvalue weighted by atomic mass is 16.5. The van der Waals surface area contributed by atoms with Crippen molar-refractivity contribution in [2.45, 2.75) is 25.7 Å². The Morgan fingerprint density at radius 3 is 2.75 bits per heavy atom. The molecule has 1 fully saturated rings. The van der Waals surface area contributed by atoms with Crippen molar-refractivity contribution in [2.75, 3.05) is 13.1 Å². The molecule has 0 N–H and O–H groups in total. The Morgan fingerprint density at radius 1 is 1.07 bits per heavy atom. The number of ether oxygens (including phenoxy) is 1. The average molecular weight is 374 g/mol. The first-order chi connectivity index (χ1) is 13.7. The van der Waals surface area contributed by atoms with E-state index >= 15 is 0 Å². The number of hydrogen-bond acceptors (Lipinski definition) is 5. The van der Waals surface area contributed by atoms with Gasteiger partial charge in [-0.05, 0) is 44.0 Å². The quantitative estimate of drug-likeness (QED) is 0.691. The zero-order valence-corrected chi connectivity index (χ0v) is 15.8. The van der Waals surface area contributed by atoms with Crippen LogP contribution in [0.4, 0.5) is 0 Å². The van der Waals surface area contributed by atoms with E-state index in [-0.39, 0.29) is 11.8 Å². The van der Waals surface area contributed by atoms with Crippen LogP contribution in [0.15, 0.2) is 60.9 Å². The molecule has 3 heterocycles. The Hall–Kier alpha value is -3.28. The molecule has 0 radical (unpaired) electrons. The number of aromatic nitrogens is 3. The molecule has 6 nitrogen and oxygen atoms in total. The normalized spacial score (nSPS) is 16.6. The van der Waals surface area contributed by atoms with Crippen molar-refractivity contribution in [3.05, 3.63) is 78.0 Å². The molecule has 142 valence electrons. The second-order valence-corrected chi connectivity index (χ2v) is 6.95. The number of hydrogen-bond donors (Lipinski definition) is 0. The molecule has 1 unspecified atom stereocenters. The van der Waals surface area contributed by atoms with Crippen LogP contribution in [0.25, 0.3) is 0 Å².